The first-order valence-corrected chi connectivity index (χ1v) is 8.14. The molecule has 18 heavy (non-hydrogen) atoms. The number of hydrogen-bond acceptors (Lipinski definition) is 2. The van der Waals surface area contributed by atoms with E-state index in [0.717, 1.165) is 12.0 Å². The van der Waals surface area contributed by atoms with Crippen molar-refractivity contribution in [3.05, 3.63) is 0 Å². The average Bonchev–Trinajstić information content (AvgIpc) is 2.42. The van der Waals surface area contributed by atoms with Gasteiger partial charge in [0.15, 0.2) is 0 Å². The van der Waals surface area contributed by atoms with E-state index in [-0.39, 0.29) is 0 Å². The van der Waals surface area contributed by atoms with Gasteiger partial charge in [-0.3, -0.25) is 4.90 Å². The average molecular weight is 252 g/mol. The molecular weight excluding hydrogens is 220 g/mol. The van der Waals surface area contributed by atoms with E-state index in [1.165, 1.54) is 64.7 Å². The quantitative estimate of drug-likeness (QED) is 0.826. The van der Waals surface area contributed by atoms with Gasteiger partial charge in [-0.05, 0) is 56.9 Å². The summed E-state index contributed by atoms with van der Waals surface area (Å²) in [6.07, 6.45) is 8.35. The summed E-state index contributed by atoms with van der Waals surface area (Å²) in [6.45, 7) is 12.3. The Morgan fingerprint density at radius 2 is 2.11 bits per heavy atom. The Labute approximate surface area is 114 Å². The Balaban J connectivity index is 1.96. The van der Waals surface area contributed by atoms with Crippen molar-refractivity contribution in [1.82, 2.24) is 10.2 Å². The van der Waals surface area contributed by atoms with Crippen molar-refractivity contribution in [2.75, 3.05) is 26.2 Å². The maximum atomic E-state index is 3.63. The molecule has 2 saturated heterocycles. The van der Waals surface area contributed by atoms with Gasteiger partial charge < -0.3 is 5.32 Å². The SMILES string of the molecule is CCC1CCC(C)N(CC2(CC)CCCNC2)C1. The second-order valence-electron chi connectivity index (χ2n) is 6.76. The highest BCUT2D eigenvalue weighted by atomic mass is 15.2. The minimum absolute atomic E-state index is 0.558. The van der Waals surface area contributed by atoms with Crippen LogP contribution in [0.4, 0.5) is 0 Å². The predicted octanol–water partition coefficient (Wildman–Crippen LogP) is 3.28. The van der Waals surface area contributed by atoms with Crippen molar-refractivity contribution >= 4 is 0 Å². The molecule has 2 rings (SSSR count). The first kappa shape index (κ1) is 14.3. The summed E-state index contributed by atoms with van der Waals surface area (Å²) >= 11 is 0. The predicted molar refractivity (Wildman–Crippen MR) is 78.9 cm³/mol. The molecule has 2 aliphatic rings. The maximum absolute atomic E-state index is 3.63. The summed E-state index contributed by atoms with van der Waals surface area (Å²) in [7, 11) is 0. The van der Waals surface area contributed by atoms with Crippen molar-refractivity contribution in [1.29, 1.82) is 0 Å². The zero-order chi connectivity index (χ0) is 13.0. The van der Waals surface area contributed by atoms with Crippen LogP contribution in [0.3, 0.4) is 0 Å². The number of hydrogen-bond donors (Lipinski definition) is 1. The van der Waals surface area contributed by atoms with Crippen LogP contribution in [0.2, 0.25) is 0 Å². The number of nitrogens with one attached hydrogen (secondary N) is 1. The Bertz CT molecular complexity index is 245. The Hall–Kier alpha value is -0.0800. The molecule has 3 unspecified atom stereocenters. The molecule has 1 N–H and O–H groups in total. The van der Waals surface area contributed by atoms with Gasteiger partial charge in [0.25, 0.3) is 0 Å². The molecule has 2 heterocycles. The summed E-state index contributed by atoms with van der Waals surface area (Å²) in [5, 5.41) is 3.63. The molecule has 106 valence electrons. The third-order valence-corrected chi connectivity index (χ3v) is 5.54. The van der Waals surface area contributed by atoms with E-state index >= 15 is 0 Å². The molecule has 2 nitrogen and oxygen atoms in total. The van der Waals surface area contributed by atoms with Crippen LogP contribution < -0.4 is 5.32 Å². The minimum atomic E-state index is 0.558. The number of piperidine rings is 2. The molecule has 2 heteroatoms. The molecule has 0 aromatic heterocycles. The molecule has 0 aromatic carbocycles. The maximum Gasteiger partial charge on any atom is 0.00673 e. The molecule has 3 atom stereocenters. The topological polar surface area (TPSA) is 15.3 Å². The molecule has 0 bridgehead atoms. The fourth-order valence-electron chi connectivity index (χ4n) is 3.83. The highest BCUT2D eigenvalue weighted by Gasteiger charge is 2.35. The van der Waals surface area contributed by atoms with E-state index in [1.807, 2.05) is 0 Å². The van der Waals surface area contributed by atoms with Crippen molar-refractivity contribution in [3.8, 4) is 0 Å². The van der Waals surface area contributed by atoms with Crippen molar-refractivity contribution in [3.63, 3.8) is 0 Å². The van der Waals surface area contributed by atoms with Crippen LogP contribution in [-0.2, 0) is 0 Å². The van der Waals surface area contributed by atoms with Gasteiger partial charge in [-0.1, -0.05) is 20.3 Å². The van der Waals surface area contributed by atoms with Gasteiger partial charge in [0.1, 0.15) is 0 Å². The molecular formula is C16H32N2. The fourth-order valence-corrected chi connectivity index (χ4v) is 3.83. The normalized spacial score (nSPS) is 38.8. The third kappa shape index (κ3) is 3.27. The second kappa shape index (κ2) is 6.38. The fraction of sp³-hybridized carbons (Fsp3) is 1.00. The molecule has 0 saturated carbocycles. The first-order valence-electron chi connectivity index (χ1n) is 8.14. The highest BCUT2D eigenvalue weighted by Crippen LogP contribution is 2.34. The zero-order valence-electron chi connectivity index (χ0n) is 12.7. The third-order valence-electron chi connectivity index (χ3n) is 5.54. The molecule has 0 radical (unpaired) electrons. The smallest absolute Gasteiger partial charge is 0.00673 e. The van der Waals surface area contributed by atoms with Gasteiger partial charge in [-0.25, -0.2) is 0 Å². The molecule has 2 aliphatic heterocycles. The lowest BCUT2D eigenvalue weighted by molar-refractivity contribution is 0.0455. The standard InChI is InChI=1S/C16H32N2/c1-4-15-8-7-14(3)18(11-15)13-16(5-2)9-6-10-17-12-16/h14-15,17H,4-13H2,1-3H3. The zero-order valence-corrected chi connectivity index (χ0v) is 12.7. The van der Waals surface area contributed by atoms with E-state index in [0.29, 0.717) is 5.41 Å². The summed E-state index contributed by atoms with van der Waals surface area (Å²) in [6, 6.07) is 0.804. The Morgan fingerprint density at radius 3 is 2.72 bits per heavy atom. The second-order valence-corrected chi connectivity index (χ2v) is 6.76. The van der Waals surface area contributed by atoms with Gasteiger partial charge in [0.05, 0.1) is 0 Å². The van der Waals surface area contributed by atoms with Crippen LogP contribution in [0.5, 0.6) is 0 Å². The van der Waals surface area contributed by atoms with Crippen molar-refractivity contribution < 1.29 is 0 Å². The van der Waals surface area contributed by atoms with Crippen LogP contribution in [0.1, 0.15) is 59.3 Å². The molecule has 0 amide bonds. The number of nitrogens with zero attached hydrogens (tertiary/aromatic N) is 1. The lowest BCUT2D eigenvalue weighted by Gasteiger charge is -2.46. The molecule has 0 aromatic rings. The summed E-state index contributed by atoms with van der Waals surface area (Å²) in [5.41, 5.74) is 0.558. The van der Waals surface area contributed by atoms with Crippen LogP contribution >= 0.6 is 0 Å². The van der Waals surface area contributed by atoms with E-state index < -0.39 is 0 Å². The molecule has 0 spiro atoms. The van der Waals surface area contributed by atoms with E-state index in [1.54, 1.807) is 0 Å². The van der Waals surface area contributed by atoms with Crippen LogP contribution in [0.25, 0.3) is 0 Å². The van der Waals surface area contributed by atoms with Crippen LogP contribution in [0.15, 0.2) is 0 Å². The molecule has 0 aliphatic carbocycles. The number of rotatable bonds is 4. The van der Waals surface area contributed by atoms with Crippen LogP contribution in [0, 0.1) is 11.3 Å². The largest absolute Gasteiger partial charge is 0.316 e. The van der Waals surface area contributed by atoms with Crippen molar-refractivity contribution in [2.24, 2.45) is 11.3 Å². The number of likely N-dealkylation sites (tertiary alicyclic amines) is 1. The van der Waals surface area contributed by atoms with Crippen molar-refractivity contribution in [2.45, 2.75) is 65.3 Å². The van der Waals surface area contributed by atoms with E-state index in [9.17, 15) is 0 Å². The first-order chi connectivity index (χ1) is 8.69. The molecule has 2 fully saturated rings. The summed E-state index contributed by atoms with van der Waals surface area (Å²) in [4.78, 5) is 2.80. The van der Waals surface area contributed by atoms with E-state index in [4.69, 9.17) is 0 Å². The van der Waals surface area contributed by atoms with E-state index in [2.05, 4.69) is 31.0 Å². The lowest BCUT2D eigenvalue weighted by Crippen LogP contribution is -2.52. The monoisotopic (exact) mass is 252 g/mol. The van der Waals surface area contributed by atoms with Gasteiger partial charge in [-0.15, -0.1) is 0 Å². The Kier molecular flexibility index (Phi) is 5.08. The minimum Gasteiger partial charge on any atom is -0.316 e. The van der Waals surface area contributed by atoms with Crippen LogP contribution in [-0.4, -0.2) is 37.1 Å². The Morgan fingerprint density at radius 1 is 1.28 bits per heavy atom. The summed E-state index contributed by atoms with van der Waals surface area (Å²) < 4.78 is 0. The van der Waals surface area contributed by atoms with Gasteiger partial charge >= 0.3 is 0 Å². The van der Waals surface area contributed by atoms with Gasteiger partial charge in [-0.2, -0.15) is 0 Å². The highest BCUT2D eigenvalue weighted by molar-refractivity contribution is 4.90. The van der Waals surface area contributed by atoms with Gasteiger partial charge in [0, 0.05) is 25.7 Å². The lowest BCUT2D eigenvalue weighted by atomic mass is 9.76. The van der Waals surface area contributed by atoms with Gasteiger partial charge in [0.2, 0.25) is 0 Å². The summed E-state index contributed by atoms with van der Waals surface area (Å²) in [5.74, 6) is 0.951.